The first kappa shape index (κ1) is 25.1. The second kappa shape index (κ2) is 11.6. The molecule has 0 radical (unpaired) electrons. The minimum absolute atomic E-state index is 0.232. The first-order valence-electron chi connectivity index (χ1n) is 13.2. The predicted molar refractivity (Wildman–Crippen MR) is 150 cm³/mol. The Morgan fingerprint density at radius 2 is 1.23 bits per heavy atom. The molecule has 1 N–H and O–H groups in total. The van der Waals surface area contributed by atoms with Crippen LogP contribution in [0.2, 0.25) is 0 Å². The fraction of sp³-hybridized carbons (Fsp3) is 0.375. The first-order valence-corrected chi connectivity index (χ1v) is 13.2. The van der Waals surface area contributed by atoms with Gasteiger partial charge in [-0.05, 0) is 40.5 Å². The quantitative estimate of drug-likeness (QED) is 0.326. The van der Waals surface area contributed by atoms with Crippen molar-refractivity contribution >= 4 is 5.69 Å². The highest BCUT2D eigenvalue weighted by atomic mass is 15.3. The van der Waals surface area contributed by atoms with Gasteiger partial charge in [0, 0.05) is 30.7 Å². The molecule has 0 unspecified atom stereocenters. The van der Waals surface area contributed by atoms with E-state index < -0.39 is 0 Å². The summed E-state index contributed by atoms with van der Waals surface area (Å²) in [6.45, 7) is 13.2. The summed E-state index contributed by atoms with van der Waals surface area (Å²) in [5, 5.41) is 3.98. The molecule has 0 aliphatic carbocycles. The van der Waals surface area contributed by atoms with E-state index in [1.165, 1.54) is 27.9 Å². The van der Waals surface area contributed by atoms with E-state index in [4.69, 9.17) is 0 Å². The zero-order valence-electron chi connectivity index (χ0n) is 22.0. The lowest BCUT2D eigenvalue weighted by Crippen LogP contribution is -2.36. The molecule has 0 aromatic heterocycles. The smallest absolute Gasteiger partial charge is 0.0942 e. The van der Waals surface area contributed by atoms with Crippen LogP contribution in [0.25, 0.3) is 0 Å². The number of hydrogen-bond acceptors (Lipinski definition) is 3. The third-order valence-electron chi connectivity index (χ3n) is 7.05. The summed E-state index contributed by atoms with van der Waals surface area (Å²) in [5.74, 6) is 0.974. The van der Waals surface area contributed by atoms with Crippen molar-refractivity contribution in [2.45, 2.75) is 65.0 Å². The molecule has 0 spiro atoms. The number of para-hydroxylation sites is 1. The number of anilines is 1. The van der Waals surface area contributed by atoms with Crippen LogP contribution in [0.3, 0.4) is 0 Å². The fourth-order valence-electron chi connectivity index (χ4n) is 5.12. The molecule has 1 heterocycles. The molecule has 3 heteroatoms. The summed E-state index contributed by atoms with van der Waals surface area (Å²) >= 11 is 0. The average molecular weight is 468 g/mol. The molecule has 2 atom stereocenters. The third-order valence-corrected chi connectivity index (χ3v) is 7.05. The van der Waals surface area contributed by atoms with Crippen molar-refractivity contribution in [2.24, 2.45) is 0 Å². The van der Waals surface area contributed by atoms with E-state index >= 15 is 0 Å². The van der Waals surface area contributed by atoms with Crippen molar-refractivity contribution in [1.29, 1.82) is 0 Å². The Labute approximate surface area is 212 Å². The average Bonchev–Trinajstić information content (AvgIpc) is 3.35. The minimum atomic E-state index is 0.232. The molecule has 35 heavy (non-hydrogen) atoms. The zero-order valence-corrected chi connectivity index (χ0v) is 22.0. The molecule has 3 aromatic carbocycles. The molecule has 4 rings (SSSR count). The molecule has 3 nitrogen and oxygen atoms in total. The Kier molecular flexibility index (Phi) is 8.30. The van der Waals surface area contributed by atoms with Gasteiger partial charge in [-0.15, -0.1) is 0 Å². The summed E-state index contributed by atoms with van der Waals surface area (Å²) in [5.41, 5.74) is 6.92. The molecular weight excluding hydrogens is 426 g/mol. The summed E-state index contributed by atoms with van der Waals surface area (Å²) in [7, 11) is 0. The van der Waals surface area contributed by atoms with Crippen LogP contribution in [0.4, 0.5) is 5.69 Å². The third kappa shape index (κ3) is 5.97. The van der Waals surface area contributed by atoms with Crippen molar-refractivity contribution in [2.75, 3.05) is 18.1 Å². The minimum Gasteiger partial charge on any atom is -0.356 e. The van der Waals surface area contributed by atoms with Crippen LogP contribution in [0.15, 0.2) is 91.3 Å². The SMILES string of the molecule is CC[C@H](N[C@H](CN1C=CN(c2c(C(C)C)cccc2C(C)C)C1)c1ccccc1)c1ccccc1. The maximum Gasteiger partial charge on any atom is 0.0942 e. The van der Waals surface area contributed by atoms with Gasteiger partial charge in [-0.25, -0.2) is 0 Å². The Balaban J connectivity index is 1.56. The molecule has 1 aliphatic heterocycles. The van der Waals surface area contributed by atoms with Gasteiger partial charge in [-0.3, -0.25) is 0 Å². The number of rotatable bonds is 10. The predicted octanol–water partition coefficient (Wildman–Crippen LogP) is 7.97. The van der Waals surface area contributed by atoms with Crippen LogP contribution in [-0.2, 0) is 0 Å². The second-order valence-electron chi connectivity index (χ2n) is 10.3. The topological polar surface area (TPSA) is 18.5 Å². The molecule has 184 valence electrons. The first-order chi connectivity index (χ1) is 17.0. The normalized spacial score (nSPS) is 15.3. The standard InChI is InChI=1S/C32H41N3/c1-6-30(26-14-9-7-10-15-26)33-31(27-16-11-8-12-17-27)22-34-20-21-35(23-34)32-28(24(2)3)18-13-19-29(32)25(4)5/h7-21,24-25,30-31,33H,6,22-23H2,1-5H3/t30-,31+/m0/s1. The molecule has 1 aliphatic rings. The largest absolute Gasteiger partial charge is 0.356 e. The number of hydrogen-bond donors (Lipinski definition) is 1. The van der Waals surface area contributed by atoms with E-state index in [9.17, 15) is 0 Å². The highest BCUT2D eigenvalue weighted by Gasteiger charge is 2.25. The number of nitrogens with one attached hydrogen (secondary N) is 1. The van der Waals surface area contributed by atoms with Crippen molar-refractivity contribution < 1.29 is 0 Å². The lowest BCUT2D eigenvalue weighted by atomic mass is 9.92. The lowest BCUT2D eigenvalue weighted by Gasteiger charge is -2.32. The number of benzene rings is 3. The van der Waals surface area contributed by atoms with Crippen LogP contribution >= 0.6 is 0 Å². The monoisotopic (exact) mass is 467 g/mol. The van der Waals surface area contributed by atoms with E-state index in [0.717, 1.165) is 19.6 Å². The van der Waals surface area contributed by atoms with E-state index in [0.29, 0.717) is 17.9 Å². The Morgan fingerprint density at radius 3 is 1.74 bits per heavy atom. The molecule has 0 bridgehead atoms. The van der Waals surface area contributed by atoms with Gasteiger partial charge >= 0.3 is 0 Å². The van der Waals surface area contributed by atoms with E-state index in [1.54, 1.807) is 0 Å². The maximum absolute atomic E-state index is 3.98. The summed E-state index contributed by atoms with van der Waals surface area (Å²) in [6.07, 6.45) is 5.58. The molecule has 0 fully saturated rings. The summed E-state index contributed by atoms with van der Waals surface area (Å²) in [4.78, 5) is 4.89. The van der Waals surface area contributed by atoms with E-state index in [2.05, 4.69) is 141 Å². The molecule has 0 saturated heterocycles. The van der Waals surface area contributed by atoms with Gasteiger partial charge in [-0.1, -0.05) is 113 Å². The summed E-state index contributed by atoms with van der Waals surface area (Å²) in [6, 6.07) is 29.1. The van der Waals surface area contributed by atoms with Crippen molar-refractivity contribution in [3.05, 3.63) is 114 Å². The van der Waals surface area contributed by atoms with Crippen LogP contribution in [-0.4, -0.2) is 18.1 Å². The maximum atomic E-state index is 3.98. The van der Waals surface area contributed by atoms with Crippen molar-refractivity contribution in [1.82, 2.24) is 10.2 Å². The lowest BCUT2D eigenvalue weighted by molar-refractivity contribution is 0.318. The molecule has 0 amide bonds. The Bertz CT molecular complexity index is 1060. The van der Waals surface area contributed by atoms with Gasteiger partial charge in [0.15, 0.2) is 0 Å². The Hall–Kier alpha value is -3.04. The molecular formula is C32H41N3. The van der Waals surface area contributed by atoms with Gasteiger partial charge in [0.2, 0.25) is 0 Å². The van der Waals surface area contributed by atoms with Crippen LogP contribution in [0.5, 0.6) is 0 Å². The highest BCUT2D eigenvalue weighted by molar-refractivity contribution is 5.64. The van der Waals surface area contributed by atoms with Crippen LogP contribution in [0.1, 0.15) is 87.2 Å². The second-order valence-corrected chi connectivity index (χ2v) is 10.3. The van der Waals surface area contributed by atoms with Crippen molar-refractivity contribution in [3.63, 3.8) is 0 Å². The van der Waals surface area contributed by atoms with Gasteiger partial charge in [0.1, 0.15) is 0 Å². The van der Waals surface area contributed by atoms with E-state index in [1.807, 2.05) is 0 Å². The van der Waals surface area contributed by atoms with Gasteiger partial charge in [0.25, 0.3) is 0 Å². The van der Waals surface area contributed by atoms with Gasteiger partial charge in [-0.2, -0.15) is 0 Å². The molecule has 3 aromatic rings. The Morgan fingerprint density at radius 1 is 0.686 bits per heavy atom. The van der Waals surface area contributed by atoms with Gasteiger partial charge in [0.05, 0.1) is 12.7 Å². The summed E-state index contributed by atoms with van der Waals surface area (Å²) < 4.78 is 0. The van der Waals surface area contributed by atoms with Crippen LogP contribution in [0, 0.1) is 0 Å². The molecule has 0 saturated carbocycles. The fourth-order valence-corrected chi connectivity index (χ4v) is 5.12. The van der Waals surface area contributed by atoms with Gasteiger partial charge < -0.3 is 15.1 Å². The van der Waals surface area contributed by atoms with E-state index in [-0.39, 0.29) is 6.04 Å². The van der Waals surface area contributed by atoms with Crippen molar-refractivity contribution in [3.8, 4) is 0 Å². The zero-order chi connectivity index (χ0) is 24.8. The highest BCUT2D eigenvalue weighted by Crippen LogP contribution is 2.37. The van der Waals surface area contributed by atoms with Crippen LogP contribution < -0.4 is 10.2 Å². The number of nitrogens with zero attached hydrogens (tertiary/aromatic N) is 2.